The van der Waals surface area contributed by atoms with Gasteiger partial charge in [-0.25, -0.2) is 0 Å². The Morgan fingerprint density at radius 3 is 3.00 bits per heavy atom. The van der Waals surface area contributed by atoms with E-state index >= 15 is 0 Å². The molecule has 3 nitrogen and oxygen atoms in total. The minimum Gasteiger partial charge on any atom is -0.496 e. The lowest BCUT2D eigenvalue weighted by atomic mass is 9.89. The van der Waals surface area contributed by atoms with Crippen molar-refractivity contribution in [1.29, 1.82) is 0 Å². The zero-order valence-electron chi connectivity index (χ0n) is 11.5. The summed E-state index contributed by atoms with van der Waals surface area (Å²) in [5, 5.41) is 3.53. The summed E-state index contributed by atoms with van der Waals surface area (Å²) in [5.74, 6) is 0.970. The molecule has 1 aliphatic rings. The summed E-state index contributed by atoms with van der Waals surface area (Å²) in [7, 11) is 1.55. The second-order valence-corrected chi connectivity index (χ2v) is 6.92. The number of alkyl halides is 1. The van der Waals surface area contributed by atoms with Gasteiger partial charge in [0.05, 0.1) is 12.7 Å². The van der Waals surface area contributed by atoms with Crippen LogP contribution in [-0.4, -0.2) is 24.4 Å². The Morgan fingerprint density at radius 2 is 2.30 bits per heavy atom. The molecule has 1 saturated carbocycles. The molecule has 0 aliphatic heterocycles. The van der Waals surface area contributed by atoms with Crippen molar-refractivity contribution in [2.24, 2.45) is 5.92 Å². The third-order valence-electron chi connectivity index (χ3n) is 3.68. The summed E-state index contributed by atoms with van der Waals surface area (Å²) in [6, 6.07) is 5.07. The molecule has 0 saturated heterocycles. The molecular formula is C15H19BrClNO2. The Morgan fingerprint density at radius 1 is 1.50 bits per heavy atom. The zero-order valence-corrected chi connectivity index (χ0v) is 13.8. The Labute approximate surface area is 133 Å². The monoisotopic (exact) mass is 359 g/mol. The SMILES string of the molecule is COc1ccc(Cl)cc1C(=O)NCC1CCCC(Br)C1. The van der Waals surface area contributed by atoms with Crippen LogP contribution in [0.2, 0.25) is 5.02 Å². The molecule has 1 aliphatic carbocycles. The van der Waals surface area contributed by atoms with E-state index < -0.39 is 0 Å². The quantitative estimate of drug-likeness (QED) is 0.823. The van der Waals surface area contributed by atoms with Crippen molar-refractivity contribution >= 4 is 33.4 Å². The van der Waals surface area contributed by atoms with Crippen LogP contribution in [0.25, 0.3) is 0 Å². The van der Waals surface area contributed by atoms with Crippen LogP contribution in [0.15, 0.2) is 18.2 Å². The second-order valence-electron chi connectivity index (χ2n) is 5.18. The molecule has 0 bridgehead atoms. The van der Waals surface area contributed by atoms with Gasteiger partial charge < -0.3 is 10.1 Å². The van der Waals surface area contributed by atoms with Crippen LogP contribution >= 0.6 is 27.5 Å². The molecule has 0 radical (unpaired) electrons. The number of ether oxygens (including phenoxy) is 1. The van der Waals surface area contributed by atoms with E-state index in [1.54, 1.807) is 25.3 Å². The van der Waals surface area contributed by atoms with Gasteiger partial charge in [0.2, 0.25) is 0 Å². The smallest absolute Gasteiger partial charge is 0.255 e. The predicted octanol–water partition coefficient (Wildman–Crippen LogP) is 4.03. The fourth-order valence-corrected chi connectivity index (χ4v) is 3.63. The molecule has 0 aromatic heterocycles. The maximum absolute atomic E-state index is 12.2. The van der Waals surface area contributed by atoms with Gasteiger partial charge in [0.15, 0.2) is 0 Å². The van der Waals surface area contributed by atoms with Crippen molar-refractivity contribution in [3.8, 4) is 5.75 Å². The topological polar surface area (TPSA) is 38.3 Å². The highest BCUT2D eigenvalue weighted by molar-refractivity contribution is 9.09. The van der Waals surface area contributed by atoms with Crippen LogP contribution in [-0.2, 0) is 0 Å². The number of benzene rings is 1. The highest BCUT2D eigenvalue weighted by Crippen LogP contribution is 2.28. The molecule has 0 spiro atoms. The molecule has 1 N–H and O–H groups in total. The van der Waals surface area contributed by atoms with Crippen molar-refractivity contribution in [1.82, 2.24) is 5.32 Å². The average molecular weight is 361 g/mol. The third-order valence-corrected chi connectivity index (χ3v) is 4.74. The Kier molecular flexibility index (Phi) is 5.73. The lowest BCUT2D eigenvalue weighted by Gasteiger charge is -2.25. The minimum absolute atomic E-state index is 0.124. The van der Waals surface area contributed by atoms with Crippen LogP contribution in [0.5, 0.6) is 5.75 Å². The third kappa shape index (κ3) is 4.13. The summed E-state index contributed by atoms with van der Waals surface area (Å²) in [6.07, 6.45) is 4.74. The van der Waals surface area contributed by atoms with Crippen molar-refractivity contribution < 1.29 is 9.53 Å². The number of methoxy groups -OCH3 is 1. The van der Waals surface area contributed by atoms with Gasteiger partial charge in [0, 0.05) is 16.4 Å². The maximum Gasteiger partial charge on any atom is 0.255 e. The number of rotatable bonds is 4. The molecule has 0 heterocycles. The molecular weight excluding hydrogens is 342 g/mol. The zero-order chi connectivity index (χ0) is 14.5. The molecule has 20 heavy (non-hydrogen) atoms. The molecule has 1 aromatic rings. The number of hydrogen-bond acceptors (Lipinski definition) is 2. The van der Waals surface area contributed by atoms with E-state index in [2.05, 4.69) is 21.2 Å². The largest absolute Gasteiger partial charge is 0.496 e. The van der Waals surface area contributed by atoms with Gasteiger partial charge in [-0.15, -0.1) is 0 Å². The first-order valence-corrected chi connectivity index (χ1v) is 8.15. The normalized spacial score (nSPS) is 22.4. The molecule has 5 heteroatoms. The second kappa shape index (κ2) is 7.32. The van der Waals surface area contributed by atoms with Gasteiger partial charge in [0.25, 0.3) is 5.91 Å². The van der Waals surface area contributed by atoms with E-state index in [1.165, 1.54) is 19.3 Å². The number of carbonyl (C=O) groups is 1. The first kappa shape index (κ1) is 15.6. The molecule has 2 unspecified atom stereocenters. The van der Waals surface area contributed by atoms with E-state index in [4.69, 9.17) is 16.3 Å². The van der Waals surface area contributed by atoms with Crippen LogP contribution in [0.4, 0.5) is 0 Å². The molecule has 1 amide bonds. The van der Waals surface area contributed by atoms with Gasteiger partial charge in [-0.2, -0.15) is 0 Å². The van der Waals surface area contributed by atoms with Crippen molar-refractivity contribution in [3.05, 3.63) is 28.8 Å². The molecule has 2 atom stereocenters. The lowest BCUT2D eigenvalue weighted by Crippen LogP contribution is -2.32. The van der Waals surface area contributed by atoms with Gasteiger partial charge in [-0.1, -0.05) is 34.0 Å². The van der Waals surface area contributed by atoms with Crippen LogP contribution in [0, 0.1) is 5.92 Å². The number of carbonyl (C=O) groups excluding carboxylic acids is 1. The fourth-order valence-electron chi connectivity index (χ4n) is 2.60. The van der Waals surface area contributed by atoms with Crippen molar-refractivity contribution in [3.63, 3.8) is 0 Å². The van der Waals surface area contributed by atoms with Gasteiger partial charge >= 0.3 is 0 Å². The van der Waals surface area contributed by atoms with Crippen LogP contribution in [0.1, 0.15) is 36.0 Å². The lowest BCUT2D eigenvalue weighted by molar-refractivity contribution is 0.0941. The molecule has 1 aromatic carbocycles. The number of nitrogens with one attached hydrogen (secondary N) is 1. The predicted molar refractivity (Wildman–Crippen MR) is 85.0 cm³/mol. The fraction of sp³-hybridized carbons (Fsp3) is 0.533. The van der Waals surface area contributed by atoms with Crippen LogP contribution < -0.4 is 10.1 Å². The standard InChI is InChI=1S/C15H19BrClNO2/c1-20-14-6-5-12(17)8-13(14)15(19)18-9-10-3-2-4-11(16)7-10/h5-6,8,10-11H,2-4,7,9H2,1H3,(H,18,19). The Hall–Kier alpha value is -0.740. The Balaban J connectivity index is 1.96. The van der Waals surface area contributed by atoms with E-state index in [0.717, 1.165) is 6.42 Å². The van der Waals surface area contributed by atoms with Crippen molar-refractivity contribution in [2.75, 3.05) is 13.7 Å². The first-order chi connectivity index (χ1) is 9.60. The summed E-state index contributed by atoms with van der Waals surface area (Å²) in [6.45, 7) is 0.705. The summed E-state index contributed by atoms with van der Waals surface area (Å²) in [5.41, 5.74) is 0.492. The van der Waals surface area contributed by atoms with Gasteiger partial charge in [-0.3, -0.25) is 4.79 Å². The van der Waals surface area contributed by atoms with Crippen LogP contribution in [0.3, 0.4) is 0 Å². The number of halogens is 2. The van der Waals surface area contributed by atoms with E-state index in [-0.39, 0.29) is 5.91 Å². The summed E-state index contributed by atoms with van der Waals surface area (Å²) < 4.78 is 5.20. The minimum atomic E-state index is -0.124. The van der Waals surface area contributed by atoms with Crippen molar-refractivity contribution in [2.45, 2.75) is 30.5 Å². The number of amides is 1. The maximum atomic E-state index is 12.2. The van der Waals surface area contributed by atoms with E-state index in [1.807, 2.05) is 0 Å². The summed E-state index contributed by atoms with van der Waals surface area (Å²) >= 11 is 9.61. The van der Waals surface area contributed by atoms with Gasteiger partial charge in [0.1, 0.15) is 5.75 Å². The molecule has 1 fully saturated rings. The highest BCUT2D eigenvalue weighted by atomic mass is 79.9. The first-order valence-electron chi connectivity index (χ1n) is 6.86. The molecule has 2 rings (SSSR count). The highest BCUT2D eigenvalue weighted by Gasteiger charge is 2.21. The van der Waals surface area contributed by atoms with E-state index in [9.17, 15) is 4.79 Å². The molecule has 110 valence electrons. The number of hydrogen-bond donors (Lipinski definition) is 1. The Bertz CT molecular complexity index is 481. The summed E-state index contributed by atoms with van der Waals surface area (Å²) in [4.78, 5) is 12.8. The van der Waals surface area contributed by atoms with Gasteiger partial charge in [-0.05, 0) is 43.4 Å². The average Bonchev–Trinajstić information content (AvgIpc) is 2.45. The van der Waals surface area contributed by atoms with E-state index in [0.29, 0.717) is 33.6 Å².